The van der Waals surface area contributed by atoms with Crippen molar-refractivity contribution < 1.29 is 14.3 Å². The number of ether oxygens (including phenoxy) is 1. The first-order valence-electron chi connectivity index (χ1n) is 7.58. The molecule has 7 heteroatoms. The van der Waals surface area contributed by atoms with Gasteiger partial charge in [-0.25, -0.2) is 0 Å². The molecule has 5 nitrogen and oxygen atoms in total. The Kier molecular flexibility index (Phi) is 6.90. The van der Waals surface area contributed by atoms with Crippen molar-refractivity contribution in [2.24, 2.45) is 0 Å². The highest BCUT2D eigenvalue weighted by Gasteiger charge is 2.17. The van der Waals surface area contributed by atoms with E-state index in [-0.39, 0.29) is 11.1 Å². The second-order valence-electron chi connectivity index (χ2n) is 5.46. The van der Waals surface area contributed by atoms with E-state index in [1.807, 2.05) is 18.2 Å². The molecule has 0 aliphatic rings. The molecule has 0 aliphatic carbocycles. The summed E-state index contributed by atoms with van der Waals surface area (Å²) in [5.74, 6) is 0.324. The molecule has 1 N–H and O–H groups in total. The third-order valence-corrected chi connectivity index (χ3v) is 4.85. The lowest BCUT2D eigenvalue weighted by atomic mass is 10.3. The largest absolute Gasteiger partial charge is 0.481 e. The van der Waals surface area contributed by atoms with Crippen LogP contribution in [0.25, 0.3) is 0 Å². The number of nitrogens with one attached hydrogen (secondary N) is 1. The van der Waals surface area contributed by atoms with E-state index in [1.165, 1.54) is 4.90 Å². The van der Waals surface area contributed by atoms with Gasteiger partial charge in [0.1, 0.15) is 5.75 Å². The number of nitrogens with zero attached hydrogens (tertiary/aromatic N) is 1. The summed E-state index contributed by atoms with van der Waals surface area (Å²) in [7, 11) is 3.37. The summed E-state index contributed by atoms with van der Waals surface area (Å²) >= 11 is 4.42. The van der Waals surface area contributed by atoms with Crippen LogP contribution in [-0.2, 0) is 4.79 Å². The van der Waals surface area contributed by atoms with E-state index in [2.05, 4.69) is 21.2 Å². The summed E-state index contributed by atoms with van der Waals surface area (Å²) in [6.45, 7) is 1.68. The second kappa shape index (κ2) is 8.92. The molecular formula is C18H19BrN2O3S. The molecule has 2 amide bonds. The fourth-order valence-electron chi connectivity index (χ4n) is 1.85. The molecule has 0 saturated carbocycles. The number of carbonyl (C=O) groups excluding carboxylic acids is 2. The van der Waals surface area contributed by atoms with Crippen molar-refractivity contribution in [3.8, 4) is 5.75 Å². The van der Waals surface area contributed by atoms with Crippen LogP contribution in [0.2, 0.25) is 0 Å². The third kappa shape index (κ3) is 5.79. The average Bonchev–Trinajstić information content (AvgIpc) is 2.58. The van der Waals surface area contributed by atoms with E-state index < -0.39 is 6.10 Å². The maximum absolute atomic E-state index is 12.4. The van der Waals surface area contributed by atoms with Gasteiger partial charge in [0.2, 0.25) is 0 Å². The normalized spacial score (nSPS) is 11.5. The van der Waals surface area contributed by atoms with Crippen LogP contribution in [0.3, 0.4) is 0 Å². The number of halogens is 1. The third-order valence-electron chi connectivity index (χ3n) is 3.20. The Labute approximate surface area is 159 Å². The van der Waals surface area contributed by atoms with Gasteiger partial charge < -0.3 is 15.0 Å². The first-order chi connectivity index (χ1) is 11.9. The average molecular weight is 423 g/mol. The number of rotatable bonds is 5. The fraction of sp³-hybridized carbons (Fsp3) is 0.222. The predicted octanol–water partition coefficient (Wildman–Crippen LogP) is 4.63. The Morgan fingerprint density at radius 1 is 1.12 bits per heavy atom. The van der Waals surface area contributed by atoms with Gasteiger partial charge in [0.05, 0.1) is 5.69 Å². The highest BCUT2D eigenvalue weighted by atomic mass is 79.9. The summed E-state index contributed by atoms with van der Waals surface area (Å²) in [6.07, 6.45) is -0.677. The van der Waals surface area contributed by atoms with E-state index >= 15 is 0 Å². The van der Waals surface area contributed by atoms with Gasteiger partial charge in [-0.05, 0) is 55.1 Å². The Hall–Kier alpha value is -1.99. The number of thioether (sulfide) groups is 1. The lowest BCUT2D eigenvalue weighted by Crippen LogP contribution is -2.30. The van der Waals surface area contributed by atoms with Gasteiger partial charge in [0, 0.05) is 23.5 Å². The molecule has 2 aromatic rings. The fourth-order valence-corrected chi connectivity index (χ4v) is 2.86. The van der Waals surface area contributed by atoms with E-state index in [1.54, 1.807) is 51.4 Å². The molecule has 0 aliphatic heterocycles. The molecular weight excluding hydrogens is 404 g/mol. The van der Waals surface area contributed by atoms with E-state index in [0.29, 0.717) is 16.3 Å². The van der Waals surface area contributed by atoms with Crippen LogP contribution in [0.4, 0.5) is 10.5 Å². The standard InChI is InChI=1S/C18H19BrN2O3S/c1-12(24-14-10-8-13(19)9-11-14)17(22)20-15-6-4-5-7-16(15)25-18(23)21(2)3/h4-12H,1-3H3,(H,20,22). The van der Waals surface area contributed by atoms with Crippen molar-refractivity contribution in [2.45, 2.75) is 17.9 Å². The number of amides is 2. The highest BCUT2D eigenvalue weighted by molar-refractivity contribution is 9.10. The van der Waals surface area contributed by atoms with Crippen LogP contribution in [0.5, 0.6) is 5.75 Å². The van der Waals surface area contributed by atoms with Crippen molar-refractivity contribution in [3.63, 3.8) is 0 Å². The van der Waals surface area contributed by atoms with Gasteiger partial charge in [0.25, 0.3) is 11.1 Å². The van der Waals surface area contributed by atoms with Gasteiger partial charge in [0.15, 0.2) is 6.10 Å². The summed E-state index contributed by atoms with van der Waals surface area (Å²) in [5, 5.41) is 2.71. The number of carbonyl (C=O) groups is 2. The zero-order chi connectivity index (χ0) is 18.4. The molecule has 1 unspecified atom stereocenters. The maximum Gasteiger partial charge on any atom is 0.286 e. The number of para-hydroxylation sites is 1. The zero-order valence-corrected chi connectivity index (χ0v) is 16.6. The minimum absolute atomic E-state index is 0.110. The summed E-state index contributed by atoms with van der Waals surface area (Å²) < 4.78 is 6.59. The molecule has 0 radical (unpaired) electrons. The maximum atomic E-state index is 12.4. The number of benzene rings is 2. The van der Waals surface area contributed by atoms with Crippen LogP contribution >= 0.6 is 27.7 Å². The van der Waals surface area contributed by atoms with E-state index in [9.17, 15) is 9.59 Å². The van der Waals surface area contributed by atoms with Gasteiger partial charge in [-0.3, -0.25) is 9.59 Å². The topological polar surface area (TPSA) is 58.6 Å². The monoisotopic (exact) mass is 422 g/mol. The van der Waals surface area contributed by atoms with Crippen molar-refractivity contribution in [3.05, 3.63) is 53.0 Å². The number of hydrogen-bond donors (Lipinski definition) is 1. The molecule has 2 rings (SSSR count). The summed E-state index contributed by atoms with van der Waals surface area (Å²) in [5.41, 5.74) is 0.582. The van der Waals surface area contributed by atoms with Crippen LogP contribution < -0.4 is 10.1 Å². The van der Waals surface area contributed by atoms with Crippen LogP contribution in [0.15, 0.2) is 57.9 Å². The summed E-state index contributed by atoms with van der Waals surface area (Å²) in [6, 6.07) is 14.4. The van der Waals surface area contributed by atoms with Gasteiger partial charge >= 0.3 is 0 Å². The van der Waals surface area contributed by atoms with Crippen molar-refractivity contribution in [2.75, 3.05) is 19.4 Å². The predicted molar refractivity (Wildman–Crippen MR) is 104 cm³/mol. The van der Waals surface area contributed by atoms with E-state index in [4.69, 9.17) is 4.74 Å². The Morgan fingerprint density at radius 2 is 1.76 bits per heavy atom. The first-order valence-corrected chi connectivity index (χ1v) is 9.19. The Bertz CT molecular complexity index is 750. The molecule has 0 spiro atoms. The molecule has 0 heterocycles. The number of anilines is 1. The minimum Gasteiger partial charge on any atom is -0.481 e. The van der Waals surface area contributed by atoms with Crippen LogP contribution in [0.1, 0.15) is 6.92 Å². The van der Waals surface area contributed by atoms with Crippen molar-refractivity contribution >= 4 is 44.5 Å². The first kappa shape index (κ1) is 19.3. The smallest absolute Gasteiger partial charge is 0.286 e. The highest BCUT2D eigenvalue weighted by Crippen LogP contribution is 2.29. The molecule has 0 saturated heterocycles. The Balaban J connectivity index is 2.04. The molecule has 0 fully saturated rings. The molecule has 2 aromatic carbocycles. The Morgan fingerprint density at radius 3 is 2.40 bits per heavy atom. The molecule has 25 heavy (non-hydrogen) atoms. The molecule has 0 aromatic heterocycles. The zero-order valence-electron chi connectivity index (χ0n) is 14.2. The summed E-state index contributed by atoms with van der Waals surface area (Å²) in [4.78, 5) is 26.5. The van der Waals surface area contributed by atoms with Crippen LogP contribution in [0, 0.1) is 0 Å². The van der Waals surface area contributed by atoms with Crippen molar-refractivity contribution in [1.82, 2.24) is 4.90 Å². The minimum atomic E-state index is -0.677. The molecule has 132 valence electrons. The lowest BCUT2D eigenvalue weighted by Gasteiger charge is -2.17. The van der Waals surface area contributed by atoms with Gasteiger partial charge in [-0.15, -0.1) is 0 Å². The SMILES string of the molecule is CC(Oc1ccc(Br)cc1)C(=O)Nc1ccccc1SC(=O)N(C)C. The van der Waals surface area contributed by atoms with Gasteiger partial charge in [-0.1, -0.05) is 28.1 Å². The van der Waals surface area contributed by atoms with E-state index in [0.717, 1.165) is 16.2 Å². The van der Waals surface area contributed by atoms with Gasteiger partial charge in [-0.2, -0.15) is 0 Å². The molecule has 0 bridgehead atoms. The lowest BCUT2D eigenvalue weighted by molar-refractivity contribution is -0.122. The van der Waals surface area contributed by atoms with Crippen molar-refractivity contribution in [1.29, 1.82) is 0 Å². The number of hydrogen-bond acceptors (Lipinski definition) is 4. The molecule has 1 atom stereocenters. The quantitative estimate of drug-likeness (QED) is 0.713. The van der Waals surface area contributed by atoms with Crippen LogP contribution in [-0.4, -0.2) is 36.2 Å². The second-order valence-corrected chi connectivity index (χ2v) is 7.37.